The van der Waals surface area contributed by atoms with Crippen LogP contribution in [0.1, 0.15) is 31.4 Å². The fourth-order valence-electron chi connectivity index (χ4n) is 1.73. The van der Waals surface area contributed by atoms with Crippen molar-refractivity contribution < 1.29 is 9.79 Å². The molecule has 1 aromatic rings. The summed E-state index contributed by atoms with van der Waals surface area (Å²) in [4.78, 5) is 0. The molecule has 0 bridgehead atoms. The summed E-state index contributed by atoms with van der Waals surface area (Å²) < 4.78 is 1.69. The minimum Gasteiger partial charge on any atom is -0.857 e. The van der Waals surface area contributed by atoms with Crippen LogP contribution in [-0.2, 0) is 0 Å². The Kier molecular flexibility index (Phi) is 2.68. The molecule has 0 saturated carbocycles. The first-order chi connectivity index (χ1) is 8.01. The van der Waals surface area contributed by atoms with E-state index in [0.717, 1.165) is 5.56 Å². The van der Waals surface area contributed by atoms with Crippen LogP contribution in [0.5, 0.6) is 0 Å². The van der Waals surface area contributed by atoms with Gasteiger partial charge in [-0.2, -0.15) is 5.26 Å². The summed E-state index contributed by atoms with van der Waals surface area (Å²) in [5.41, 5.74) is 1.27. The third-order valence-corrected chi connectivity index (χ3v) is 2.73. The van der Waals surface area contributed by atoms with Crippen LogP contribution in [-0.4, -0.2) is 22.3 Å². The lowest BCUT2D eigenvalue weighted by Gasteiger charge is -2.11. The Hall–Kier alpha value is -2.15. The van der Waals surface area contributed by atoms with Crippen molar-refractivity contribution in [1.29, 1.82) is 5.26 Å². The van der Waals surface area contributed by atoms with Crippen LogP contribution >= 0.6 is 0 Å². The highest BCUT2D eigenvalue weighted by Gasteiger charge is 2.36. The molecular formula is C13H13N3O. The molecule has 1 aromatic carbocycles. The molecule has 17 heavy (non-hydrogen) atoms. The first-order valence-electron chi connectivity index (χ1n) is 5.40. The highest BCUT2D eigenvalue weighted by molar-refractivity contribution is 5.78. The van der Waals surface area contributed by atoms with E-state index in [4.69, 9.17) is 5.26 Å². The number of nitrogens with zero attached hydrogens (tertiary/aromatic N) is 3. The van der Waals surface area contributed by atoms with Gasteiger partial charge in [0.1, 0.15) is 0 Å². The van der Waals surface area contributed by atoms with Crippen molar-refractivity contribution >= 4 is 12.1 Å². The Bertz CT molecular complexity index is 533. The maximum atomic E-state index is 11.3. The van der Waals surface area contributed by atoms with Crippen molar-refractivity contribution in [2.24, 2.45) is 5.10 Å². The molecule has 86 valence electrons. The number of hydrazone groups is 1. The predicted octanol–water partition coefficient (Wildman–Crippen LogP) is 0.846. The number of nitriles is 1. The summed E-state index contributed by atoms with van der Waals surface area (Å²) in [6.07, 6.45) is 2.26. The lowest BCUT2D eigenvalue weighted by atomic mass is 10.0. The van der Waals surface area contributed by atoms with E-state index in [9.17, 15) is 5.11 Å². The molecule has 0 unspecified atom stereocenters. The monoisotopic (exact) mass is 227 g/mol. The third-order valence-electron chi connectivity index (χ3n) is 2.73. The first kappa shape index (κ1) is 11.3. The van der Waals surface area contributed by atoms with Gasteiger partial charge < -0.3 is 5.11 Å². The standard InChI is InChI=1S/C13H13N3O/c1-13(2)7-12(17)15-16(13)9-11-5-3-10(8-14)4-6-11/h3-6,9H,7H2,1-2H3/b16-9+. The van der Waals surface area contributed by atoms with Crippen molar-refractivity contribution in [2.75, 3.05) is 0 Å². The lowest BCUT2D eigenvalue weighted by molar-refractivity contribution is -0.591. The van der Waals surface area contributed by atoms with Crippen LogP contribution in [0.3, 0.4) is 0 Å². The van der Waals surface area contributed by atoms with E-state index in [0.29, 0.717) is 12.0 Å². The van der Waals surface area contributed by atoms with Gasteiger partial charge in [-0.05, 0) is 29.4 Å². The van der Waals surface area contributed by atoms with Gasteiger partial charge in [-0.1, -0.05) is 4.68 Å². The van der Waals surface area contributed by atoms with Crippen molar-refractivity contribution in [1.82, 2.24) is 0 Å². The number of benzene rings is 1. The molecule has 4 heteroatoms. The Balaban J connectivity index is 2.33. The van der Waals surface area contributed by atoms with E-state index in [-0.39, 0.29) is 11.4 Å². The van der Waals surface area contributed by atoms with E-state index < -0.39 is 0 Å². The zero-order chi connectivity index (χ0) is 12.5. The Morgan fingerprint density at radius 1 is 1.41 bits per heavy atom. The van der Waals surface area contributed by atoms with Crippen molar-refractivity contribution in [3.8, 4) is 6.07 Å². The molecule has 0 radical (unpaired) electrons. The molecule has 0 amide bonds. The summed E-state index contributed by atoms with van der Waals surface area (Å²) in [5.74, 6) is -0.0973. The van der Waals surface area contributed by atoms with Gasteiger partial charge in [0.15, 0.2) is 5.54 Å². The van der Waals surface area contributed by atoms with Gasteiger partial charge in [-0.15, -0.1) is 0 Å². The highest BCUT2D eigenvalue weighted by atomic mass is 16.3. The maximum Gasteiger partial charge on any atom is 0.203 e. The molecule has 0 fully saturated rings. The fourth-order valence-corrected chi connectivity index (χ4v) is 1.73. The SMILES string of the molecule is CC1(C)CC([O-])=N/[N+]1=C/c1ccc(C#N)cc1. The number of rotatable bonds is 1. The summed E-state index contributed by atoms with van der Waals surface area (Å²) in [7, 11) is 0. The Labute approximate surface area is 100 Å². The van der Waals surface area contributed by atoms with E-state index in [1.165, 1.54) is 0 Å². The van der Waals surface area contributed by atoms with Crippen LogP contribution in [0.25, 0.3) is 0 Å². The summed E-state index contributed by atoms with van der Waals surface area (Å²) in [5, 5.41) is 23.9. The van der Waals surface area contributed by atoms with Crippen LogP contribution in [0.2, 0.25) is 0 Å². The van der Waals surface area contributed by atoms with Crippen LogP contribution < -0.4 is 5.11 Å². The fraction of sp³-hybridized carbons (Fsp3) is 0.308. The van der Waals surface area contributed by atoms with Gasteiger partial charge in [0, 0.05) is 31.7 Å². The zero-order valence-electron chi connectivity index (χ0n) is 9.84. The van der Waals surface area contributed by atoms with Crippen LogP contribution in [0.15, 0.2) is 29.4 Å². The largest absolute Gasteiger partial charge is 0.857 e. The molecule has 0 saturated heterocycles. The van der Waals surface area contributed by atoms with Crippen LogP contribution in [0, 0.1) is 11.3 Å². The quantitative estimate of drug-likeness (QED) is 0.667. The second kappa shape index (κ2) is 4.02. The molecule has 2 rings (SSSR count). The average molecular weight is 227 g/mol. The summed E-state index contributed by atoms with van der Waals surface area (Å²) in [6.45, 7) is 3.95. The van der Waals surface area contributed by atoms with Gasteiger partial charge >= 0.3 is 0 Å². The van der Waals surface area contributed by atoms with Crippen molar-refractivity contribution in [3.63, 3.8) is 0 Å². The second-order valence-corrected chi connectivity index (χ2v) is 4.69. The van der Waals surface area contributed by atoms with Gasteiger partial charge in [0.25, 0.3) is 0 Å². The molecule has 0 aromatic heterocycles. The number of hydrogen-bond donors (Lipinski definition) is 0. The second-order valence-electron chi connectivity index (χ2n) is 4.69. The van der Waals surface area contributed by atoms with Crippen molar-refractivity contribution in [3.05, 3.63) is 35.4 Å². The first-order valence-corrected chi connectivity index (χ1v) is 5.40. The molecule has 4 nitrogen and oxygen atoms in total. The minimum absolute atomic E-state index is 0.0973. The topological polar surface area (TPSA) is 62.2 Å². The van der Waals surface area contributed by atoms with E-state index in [1.807, 2.05) is 32.2 Å². The highest BCUT2D eigenvalue weighted by Crippen LogP contribution is 2.20. The van der Waals surface area contributed by atoms with Gasteiger partial charge in [-0.3, -0.25) is 0 Å². The molecular weight excluding hydrogens is 214 g/mol. The normalized spacial score (nSPS) is 20.1. The van der Waals surface area contributed by atoms with E-state index >= 15 is 0 Å². The molecule has 1 heterocycles. The molecule has 1 aliphatic rings. The summed E-state index contributed by atoms with van der Waals surface area (Å²) >= 11 is 0. The van der Waals surface area contributed by atoms with Crippen molar-refractivity contribution in [2.45, 2.75) is 25.8 Å². The van der Waals surface area contributed by atoms with Gasteiger partial charge in [-0.25, -0.2) is 0 Å². The lowest BCUT2D eigenvalue weighted by Crippen LogP contribution is -2.31. The van der Waals surface area contributed by atoms with Gasteiger partial charge in [0.2, 0.25) is 6.21 Å². The smallest absolute Gasteiger partial charge is 0.203 e. The average Bonchev–Trinajstić information content (AvgIpc) is 2.53. The molecule has 0 atom stereocenters. The van der Waals surface area contributed by atoms with Gasteiger partial charge in [0.05, 0.1) is 11.6 Å². The molecule has 0 spiro atoms. The number of hydrogen-bond acceptors (Lipinski definition) is 3. The zero-order valence-corrected chi connectivity index (χ0v) is 9.84. The maximum absolute atomic E-state index is 11.3. The minimum atomic E-state index is -0.273. The van der Waals surface area contributed by atoms with E-state index in [2.05, 4.69) is 11.2 Å². The Morgan fingerprint density at radius 2 is 2.06 bits per heavy atom. The van der Waals surface area contributed by atoms with E-state index in [1.54, 1.807) is 16.8 Å². The van der Waals surface area contributed by atoms with Crippen LogP contribution in [0.4, 0.5) is 0 Å². The Morgan fingerprint density at radius 3 is 2.53 bits per heavy atom. The molecule has 0 aliphatic carbocycles. The third kappa shape index (κ3) is 2.34. The molecule has 0 N–H and O–H groups in total. The predicted molar refractivity (Wildman–Crippen MR) is 62.7 cm³/mol. The molecule has 1 aliphatic heterocycles. The summed E-state index contributed by atoms with van der Waals surface area (Å²) in [6, 6.07) is 9.24.